The van der Waals surface area contributed by atoms with Crippen LogP contribution in [0.1, 0.15) is 33.4 Å². The van der Waals surface area contributed by atoms with Gasteiger partial charge in [-0.05, 0) is 38.1 Å². The van der Waals surface area contributed by atoms with E-state index < -0.39 is 34.4 Å². The Kier molecular flexibility index (Phi) is 5.52. The van der Waals surface area contributed by atoms with Crippen LogP contribution in [0.15, 0.2) is 48.5 Å². The minimum atomic E-state index is -1.56. The van der Waals surface area contributed by atoms with E-state index in [1.165, 1.54) is 0 Å². The fraction of sp³-hybridized carbons (Fsp3) is 0.0833. The van der Waals surface area contributed by atoms with Gasteiger partial charge in [-0.3, -0.25) is 0 Å². The van der Waals surface area contributed by atoms with E-state index in [9.17, 15) is 17.6 Å². The van der Waals surface area contributed by atoms with Crippen LogP contribution < -0.4 is 0 Å². The van der Waals surface area contributed by atoms with E-state index in [4.69, 9.17) is 0 Å². The largest absolute Gasteiger partial charge is 0.202 e. The van der Waals surface area contributed by atoms with Crippen molar-refractivity contribution in [2.24, 2.45) is 0 Å². The second-order valence-corrected chi connectivity index (χ2v) is 6.24. The first-order valence-corrected chi connectivity index (χ1v) is 8.40. The lowest BCUT2D eigenvalue weighted by atomic mass is 10.1. The molecule has 0 spiro atoms. The third-order valence-electron chi connectivity index (χ3n) is 4.03. The van der Waals surface area contributed by atoms with Crippen LogP contribution in [0.4, 0.5) is 17.6 Å². The minimum absolute atomic E-state index is 0.466. The van der Waals surface area contributed by atoms with Crippen molar-refractivity contribution in [3.63, 3.8) is 0 Å². The zero-order chi connectivity index (χ0) is 20.3. The second kappa shape index (κ2) is 8.03. The van der Waals surface area contributed by atoms with Gasteiger partial charge in [-0.2, -0.15) is 0 Å². The molecule has 3 aromatic carbocycles. The highest BCUT2D eigenvalue weighted by molar-refractivity contribution is 5.51. The zero-order valence-electron chi connectivity index (χ0n) is 15.1. The van der Waals surface area contributed by atoms with Crippen LogP contribution >= 0.6 is 0 Å². The molecule has 4 heteroatoms. The molecule has 0 aliphatic rings. The van der Waals surface area contributed by atoms with Crippen molar-refractivity contribution in [1.29, 1.82) is 0 Å². The molecule has 0 heterocycles. The lowest BCUT2D eigenvalue weighted by Crippen LogP contribution is -2.04. The van der Waals surface area contributed by atoms with E-state index >= 15 is 0 Å². The van der Waals surface area contributed by atoms with Gasteiger partial charge in [0.25, 0.3) is 0 Å². The van der Waals surface area contributed by atoms with E-state index in [0.29, 0.717) is 11.1 Å². The predicted molar refractivity (Wildman–Crippen MR) is 101 cm³/mol. The molecule has 28 heavy (non-hydrogen) atoms. The molecule has 0 N–H and O–H groups in total. The normalized spacial score (nSPS) is 9.93. The van der Waals surface area contributed by atoms with Crippen molar-refractivity contribution in [1.82, 2.24) is 0 Å². The quantitative estimate of drug-likeness (QED) is 0.269. The van der Waals surface area contributed by atoms with Crippen molar-refractivity contribution in [3.05, 3.63) is 105 Å². The summed E-state index contributed by atoms with van der Waals surface area (Å²) in [5, 5.41) is 0. The summed E-state index contributed by atoms with van der Waals surface area (Å²) in [5.41, 5.74) is 0.975. The minimum Gasteiger partial charge on any atom is -0.202 e. The van der Waals surface area contributed by atoms with Crippen LogP contribution in [0, 0.1) is 60.8 Å². The second-order valence-electron chi connectivity index (χ2n) is 6.24. The molecule has 0 atom stereocenters. The summed E-state index contributed by atoms with van der Waals surface area (Å²) in [4.78, 5) is 0. The van der Waals surface area contributed by atoms with Gasteiger partial charge in [0.05, 0.1) is 0 Å². The molecule has 0 aromatic heterocycles. The Balaban J connectivity index is 2.03. The molecule has 138 valence electrons. The first kappa shape index (κ1) is 19.3. The van der Waals surface area contributed by atoms with E-state index in [-0.39, 0.29) is 0 Å². The van der Waals surface area contributed by atoms with E-state index in [2.05, 4.69) is 23.7 Å². The Morgan fingerprint density at radius 3 is 1.04 bits per heavy atom. The third kappa shape index (κ3) is 4.08. The standard InChI is InChI=1S/C24H14F4/c1-15-3-7-17(8-4-15)11-13-19-21(25)23(27)20(24(28)22(19)26)14-12-18-9-5-16(2)6-10-18/h3-10H,1-2H3. The molecule has 0 saturated carbocycles. The number of hydrogen-bond donors (Lipinski definition) is 0. The van der Waals surface area contributed by atoms with Gasteiger partial charge in [-0.15, -0.1) is 0 Å². The summed E-state index contributed by atoms with van der Waals surface area (Å²) in [5.74, 6) is 3.12. The molecule has 0 nitrogen and oxygen atoms in total. The summed E-state index contributed by atoms with van der Waals surface area (Å²) in [6, 6.07) is 13.6. The fourth-order valence-corrected chi connectivity index (χ4v) is 2.39. The van der Waals surface area contributed by atoms with Gasteiger partial charge < -0.3 is 0 Å². The first-order valence-electron chi connectivity index (χ1n) is 8.40. The highest BCUT2D eigenvalue weighted by atomic mass is 19.2. The monoisotopic (exact) mass is 378 g/mol. The van der Waals surface area contributed by atoms with E-state index in [1.54, 1.807) is 48.5 Å². The third-order valence-corrected chi connectivity index (χ3v) is 4.03. The molecule has 0 saturated heterocycles. The lowest BCUT2D eigenvalue weighted by molar-refractivity contribution is 0.447. The highest BCUT2D eigenvalue weighted by Gasteiger charge is 2.23. The maximum absolute atomic E-state index is 14.3. The molecular formula is C24H14F4. The Morgan fingerprint density at radius 1 is 0.464 bits per heavy atom. The summed E-state index contributed by atoms with van der Waals surface area (Å²) in [6.07, 6.45) is 0. The molecule has 3 rings (SSSR count). The molecule has 0 aliphatic heterocycles. The van der Waals surface area contributed by atoms with Crippen molar-refractivity contribution in [2.75, 3.05) is 0 Å². The van der Waals surface area contributed by atoms with Crippen molar-refractivity contribution < 1.29 is 17.6 Å². The van der Waals surface area contributed by atoms with Gasteiger partial charge in [-0.25, -0.2) is 17.6 Å². The van der Waals surface area contributed by atoms with E-state index in [1.807, 2.05) is 13.8 Å². The van der Waals surface area contributed by atoms with Gasteiger partial charge in [-0.1, -0.05) is 59.1 Å². The lowest BCUT2D eigenvalue weighted by Gasteiger charge is -2.04. The SMILES string of the molecule is Cc1ccc(C#Cc2c(F)c(F)c(C#Cc3ccc(C)cc3)c(F)c2F)cc1. The summed E-state index contributed by atoms with van der Waals surface area (Å²) in [6.45, 7) is 3.75. The van der Waals surface area contributed by atoms with Crippen LogP contribution in [0.5, 0.6) is 0 Å². The van der Waals surface area contributed by atoms with Crippen LogP contribution in [-0.2, 0) is 0 Å². The fourth-order valence-electron chi connectivity index (χ4n) is 2.39. The molecule has 0 amide bonds. The van der Waals surface area contributed by atoms with Gasteiger partial charge >= 0.3 is 0 Å². The average molecular weight is 378 g/mol. The molecule has 0 bridgehead atoms. The Hall–Kier alpha value is -3.50. The molecule has 0 radical (unpaired) electrons. The van der Waals surface area contributed by atoms with Crippen LogP contribution in [0.3, 0.4) is 0 Å². The van der Waals surface area contributed by atoms with Crippen LogP contribution in [0.2, 0.25) is 0 Å². The first-order chi connectivity index (χ1) is 13.4. The molecule has 0 aliphatic carbocycles. The summed E-state index contributed by atoms with van der Waals surface area (Å²) in [7, 11) is 0. The average Bonchev–Trinajstić information content (AvgIpc) is 2.69. The number of aryl methyl sites for hydroxylation is 2. The zero-order valence-corrected chi connectivity index (χ0v) is 15.1. The number of benzene rings is 3. The Morgan fingerprint density at radius 2 is 0.750 bits per heavy atom. The van der Waals surface area contributed by atoms with Crippen LogP contribution in [0.25, 0.3) is 0 Å². The van der Waals surface area contributed by atoms with Gasteiger partial charge in [0, 0.05) is 11.1 Å². The number of hydrogen-bond acceptors (Lipinski definition) is 0. The maximum Gasteiger partial charge on any atom is 0.178 e. The van der Waals surface area contributed by atoms with Crippen molar-refractivity contribution >= 4 is 0 Å². The predicted octanol–water partition coefficient (Wildman–Crippen LogP) is 5.66. The van der Waals surface area contributed by atoms with Crippen LogP contribution in [-0.4, -0.2) is 0 Å². The summed E-state index contributed by atoms with van der Waals surface area (Å²) < 4.78 is 57.2. The van der Waals surface area contributed by atoms with Gasteiger partial charge in [0.15, 0.2) is 23.3 Å². The highest BCUT2D eigenvalue weighted by Crippen LogP contribution is 2.23. The smallest absolute Gasteiger partial charge is 0.178 e. The van der Waals surface area contributed by atoms with E-state index in [0.717, 1.165) is 11.1 Å². The number of halogens is 4. The van der Waals surface area contributed by atoms with Gasteiger partial charge in [0.1, 0.15) is 11.1 Å². The Labute approximate surface area is 160 Å². The van der Waals surface area contributed by atoms with Gasteiger partial charge in [0.2, 0.25) is 0 Å². The summed E-state index contributed by atoms with van der Waals surface area (Å²) >= 11 is 0. The molecule has 0 unspecified atom stereocenters. The molecule has 3 aromatic rings. The Bertz CT molecular complexity index is 1030. The number of rotatable bonds is 0. The molecule has 0 fully saturated rings. The topological polar surface area (TPSA) is 0 Å². The van der Waals surface area contributed by atoms with Crippen molar-refractivity contribution in [3.8, 4) is 23.7 Å². The van der Waals surface area contributed by atoms with Crippen molar-refractivity contribution in [2.45, 2.75) is 13.8 Å². The maximum atomic E-state index is 14.3. The molecular weight excluding hydrogens is 364 g/mol.